The van der Waals surface area contributed by atoms with E-state index in [0.29, 0.717) is 5.56 Å². The molecule has 0 unspecified atom stereocenters. The molecule has 0 aliphatic carbocycles. The summed E-state index contributed by atoms with van der Waals surface area (Å²) < 4.78 is 31.1. The fourth-order valence-corrected chi connectivity index (χ4v) is 3.13. The molecule has 0 radical (unpaired) electrons. The second-order valence-corrected chi connectivity index (χ2v) is 5.92. The highest BCUT2D eigenvalue weighted by molar-refractivity contribution is 7.89. The minimum Gasteiger partial charge on any atom is -0.398 e. The van der Waals surface area contributed by atoms with Gasteiger partial charge in [0.25, 0.3) is 0 Å². The number of hydrogen-bond acceptors (Lipinski definition) is 5. The Bertz CT molecular complexity index is 620. The number of methoxy groups -OCH3 is 1. The molecular weight excluding hydrogens is 278 g/mol. The Kier molecular flexibility index (Phi) is 5.70. The molecule has 0 amide bonds. The monoisotopic (exact) mass is 295 g/mol. The molecule has 0 fully saturated rings. The number of nitrogens with zero attached hydrogens (tertiary/aromatic N) is 2. The Hall–Kier alpha value is -1.88. The van der Waals surface area contributed by atoms with E-state index >= 15 is 0 Å². The van der Waals surface area contributed by atoms with Crippen LogP contribution in [0.5, 0.6) is 0 Å². The quantitative estimate of drug-likeness (QED) is 0.597. The van der Waals surface area contributed by atoms with Crippen LogP contribution < -0.4 is 5.73 Å². The maximum Gasteiger partial charge on any atom is 0.245 e. The van der Waals surface area contributed by atoms with Crippen molar-refractivity contribution in [1.82, 2.24) is 4.31 Å². The van der Waals surface area contributed by atoms with Gasteiger partial charge >= 0.3 is 0 Å². The second-order valence-electron chi connectivity index (χ2n) is 4.01. The van der Waals surface area contributed by atoms with Crippen LogP contribution in [0.25, 0.3) is 0 Å². The van der Waals surface area contributed by atoms with E-state index in [1.165, 1.54) is 35.7 Å². The Morgan fingerprint density at radius 3 is 2.75 bits per heavy atom. The van der Waals surface area contributed by atoms with E-state index in [-0.39, 0.29) is 30.3 Å². The minimum atomic E-state index is -3.74. The van der Waals surface area contributed by atoms with E-state index in [1.54, 1.807) is 0 Å². The Morgan fingerprint density at radius 1 is 1.55 bits per heavy atom. The van der Waals surface area contributed by atoms with Crippen LogP contribution in [0.1, 0.15) is 5.56 Å². The zero-order chi connectivity index (χ0) is 15.2. The van der Waals surface area contributed by atoms with Gasteiger partial charge in [-0.05, 0) is 18.2 Å². The summed E-state index contributed by atoms with van der Waals surface area (Å²) in [5.41, 5.74) is 6.10. The molecule has 2 N–H and O–H groups in total. The SMILES string of the molecule is C=CCN(CCOC)S(=O)(=O)c1ccc(C#N)cc1N. The molecule has 0 aliphatic rings. The topological polar surface area (TPSA) is 96.4 Å². The second kappa shape index (κ2) is 7.05. The number of sulfonamides is 1. The summed E-state index contributed by atoms with van der Waals surface area (Å²) >= 11 is 0. The highest BCUT2D eigenvalue weighted by Gasteiger charge is 2.25. The standard InChI is InChI=1S/C13H17N3O3S/c1-3-6-16(7-8-19-2)20(17,18)13-5-4-11(10-14)9-12(13)15/h3-5,9H,1,6-8,15H2,2H3. The largest absolute Gasteiger partial charge is 0.398 e. The smallest absolute Gasteiger partial charge is 0.245 e. The van der Waals surface area contributed by atoms with Crippen molar-refractivity contribution >= 4 is 15.7 Å². The fourth-order valence-electron chi connectivity index (χ4n) is 1.64. The molecule has 108 valence electrons. The summed E-state index contributed by atoms with van der Waals surface area (Å²) in [6.45, 7) is 4.17. The molecule has 0 aliphatic heterocycles. The van der Waals surface area contributed by atoms with Crippen molar-refractivity contribution in [2.24, 2.45) is 0 Å². The van der Waals surface area contributed by atoms with Crippen molar-refractivity contribution in [2.45, 2.75) is 4.90 Å². The maximum atomic E-state index is 12.5. The van der Waals surface area contributed by atoms with Gasteiger partial charge in [0.1, 0.15) is 4.90 Å². The van der Waals surface area contributed by atoms with Crippen LogP contribution in [0.3, 0.4) is 0 Å². The van der Waals surface area contributed by atoms with Gasteiger partial charge in [-0.3, -0.25) is 0 Å². The van der Waals surface area contributed by atoms with Gasteiger partial charge in [0, 0.05) is 20.2 Å². The number of nitrogen functional groups attached to an aromatic ring is 1. The third kappa shape index (κ3) is 3.57. The van der Waals surface area contributed by atoms with Gasteiger partial charge in [0.2, 0.25) is 10.0 Å². The summed E-state index contributed by atoms with van der Waals surface area (Å²) in [6.07, 6.45) is 1.49. The third-order valence-electron chi connectivity index (χ3n) is 2.63. The van der Waals surface area contributed by atoms with Crippen LogP contribution >= 0.6 is 0 Å². The van der Waals surface area contributed by atoms with E-state index in [1.807, 2.05) is 6.07 Å². The summed E-state index contributed by atoms with van der Waals surface area (Å²) in [4.78, 5) is -0.0190. The molecule has 1 aromatic rings. The molecule has 20 heavy (non-hydrogen) atoms. The zero-order valence-corrected chi connectivity index (χ0v) is 12.1. The number of nitriles is 1. The van der Waals surface area contributed by atoms with Crippen LogP contribution in [0.4, 0.5) is 5.69 Å². The lowest BCUT2D eigenvalue weighted by Gasteiger charge is -2.21. The fraction of sp³-hybridized carbons (Fsp3) is 0.308. The van der Waals surface area contributed by atoms with Crippen molar-refractivity contribution in [3.63, 3.8) is 0 Å². The molecule has 0 bridgehead atoms. The van der Waals surface area contributed by atoms with Gasteiger partial charge in [0.05, 0.1) is 23.9 Å². The molecule has 0 heterocycles. The van der Waals surface area contributed by atoms with E-state index in [4.69, 9.17) is 15.7 Å². The lowest BCUT2D eigenvalue weighted by Crippen LogP contribution is -2.34. The number of benzene rings is 1. The maximum absolute atomic E-state index is 12.5. The first kappa shape index (κ1) is 16.2. The van der Waals surface area contributed by atoms with E-state index in [2.05, 4.69) is 6.58 Å². The Labute approximate surface area is 119 Å². The summed E-state index contributed by atoms with van der Waals surface area (Å²) in [7, 11) is -2.25. The first-order valence-electron chi connectivity index (χ1n) is 5.87. The summed E-state index contributed by atoms with van der Waals surface area (Å²) in [6, 6.07) is 6.01. The van der Waals surface area contributed by atoms with Crippen molar-refractivity contribution in [3.05, 3.63) is 36.4 Å². The van der Waals surface area contributed by atoms with Gasteiger partial charge in [-0.1, -0.05) is 6.08 Å². The van der Waals surface area contributed by atoms with Gasteiger partial charge in [-0.15, -0.1) is 6.58 Å². The Balaban J connectivity index is 3.19. The number of ether oxygens (including phenoxy) is 1. The van der Waals surface area contributed by atoms with Gasteiger partial charge in [-0.25, -0.2) is 8.42 Å². The lowest BCUT2D eigenvalue weighted by molar-refractivity contribution is 0.182. The highest BCUT2D eigenvalue weighted by atomic mass is 32.2. The summed E-state index contributed by atoms with van der Waals surface area (Å²) in [5, 5.41) is 8.77. The predicted molar refractivity (Wildman–Crippen MR) is 76.4 cm³/mol. The molecule has 0 saturated heterocycles. The van der Waals surface area contributed by atoms with E-state index in [9.17, 15) is 8.42 Å². The van der Waals surface area contributed by atoms with Crippen molar-refractivity contribution in [1.29, 1.82) is 5.26 Å². The third-order valence-corrected chi connectivity index (χ3v) is 4.57. The average Bonchev–Trinajstić information content (AvgIpc) is 2.42. The van der Waals surface area contributed by atoms with Gasteiger partial charge < -0.3 is 10.5 Å². The normalized spacial score (nSPS) is 11.2. The molecule has 0 atom stereocenters. The number of rotatable bonds is 7. The lowest BCUT2D eigenvalue weighted by atomic mass is 10.2. The first-order chi connectivity index (χ1) is 9.47. The van der Waals surface area contributed by atoms with Crippen LogP contribution in [0.15, 0.2) is 35.7 Å². The molecule has 1 rings (SSSR count). The molecule has 6 nitrogen and oxygen atoms in total. The first-order valence-corrected chi connectivity index (χ1v) is 7.31. The van der Waals surface area contributed by atoms with Gasteiger partial charge in [-0.2, -0.15) is 9.57 Å². The van der Waals surface area contributed by atoms with Crippen LogP contribution in [0.2, 0.25) is 0 Å². The van der Waals surface area contributed by atoms with Crippen LogP contribution in [-0.4, -0.2) is 39.5 Å². The molecule has 1 aromatic carbocycles. The molecule has 0 saturated carbocycles. The highest BCUT2D eigenvalue weighted by Crippen LogP contribution is 2.23. The molecule has 0 aromatic heterocycles. The van der Waals surface area contributed by atoms with E-state index < -0.39 is 10.0 Å². The molecule has 0 spiro atoms. The predicted octanol–water partition coefficient (Wildman–Crippen LogP) is 0.964. The van der Waals surface area contributed by atoms with Crippen molar-refractivity contribution < 1.29 is 13.2 Å². The van der Waals surface area contributed by atoms with Crippen molar-refractivity contribution in [2.75, 3.05) is 32.5 Å². The minimum absolute atomic E-state index is 0.0190. The summed E-state index contributed by atoms with van der Waals surface area (Å²) in [5.74, 6) is 0. The number of hydrogen-bond donors (Lipinski definition) is 1. The van der Waals surface area contributed by atoms with Crippen molar-refractivity contribution in [3.8, 4) is 6.07 Å². The Morgan fingerprint density at radius 2 is 2.25 bits per heavy atom. The molecular formula is C13H17N3O3S. The van der Waals surface area contributed by atoms with Gasteiger partial charge in [0.15, 0.2) is 0 Å². The molecule has 7 heteroatoms. The zero-order valence-electron chi connectivity index (χ0n) is 11.2. The number of nitrogens with two attached hydrogens (primary N) is 1. The van der Waals surface area contributed by atoms with E-state index in [0.717, 1.165) is 0 Å². The van der Waals surface area contributed by atoms with Crippen LogP contribution in [0, 0.1) is 11.3 Å². The van der Waals surface area contributed by atoms with Crippen LogP contribution in [-0.2, 0) is 14.8 Å². The average molecular weight is 295 g/mol. The number of anilines is 1.